The average Bonchev–Trinajstić information content (AvgIpc) is 2.58. The van der Waals surface area contributed by atoms with Crippen LogP contribution in [-0.2, 0) is 11.3 Å². The van der Waals surface area contributed by atoms with Crippen LogP contribution in [-0.4, -0.2) is 23.9 Å². The Labute approximate surface area is 160 Å². The van der Waals surface area contributed by atoms with Crippen molar-refractivity contribution in [1.29, 1.82) is 0 Å². The van der Waals surface area contributed by atoms with E-state index in [9.17, 15) is 9.18 Å². The van der Waals surface area contributed by atoms with E-state index >= 15 is 0 Å². The van der Waals surface area contributed by atoms with E-state index < -0.39 is 5.82 Å². The number of benzene rings is 2. The number of halogens is 3. The number of carbonyl (C=O) groups is 1. The third kappa shape index (κ3) is 5.03. The zero-order valence-corrected chi connectivity index (χ0v) is 16.0. The molecule has 0 aliphatic carbocycles. The normalized spacial score (nSPS) is 16.0. The molecule has 0 spiro atoms. The van der Waals surface area contributed by atoms with Crippen molar-refractivity contribution in [3.63, 3.8) is 0 Å². The molecule has 6 heteroatoms. The van der Waals surface area contributed by atoms with Crippen molar-refractivity contribution in [2.24, 2.45) is 5.92 Å². The molecule has 0 unspecified atom stereocenters. The van der Waals surface area contributed by atoms with Crippen LogP contribution >= 0.6 is 27.5 Å². The third-order valence-electron chi connectivity index (χ3n) is 4.44. The smallest absolute Gasteiger partial charge is 0.227 e. The molecule has 0 bridgehead atoms. The molecule has 2 aromatic rings. The molecule has 25 heavy (non-hydrogen) atoms. The highest BCUT2D eigenvalue weighted by Gasteiger charge is 2.25. The van der Waals surface area contributed by atoms with Crippen LogP contribution in [0.3, 0.4) is 0 Å². The van der Waals surface area contributed by atoms with Gasteiger partial charge >= 0.3 is 0 Å². The summed E-state index contributed by atoms with van der Waals surface area (Å²) in [4.78, 5) is 14.7. The van der Waals surface area contributed by atoms with E-state index in [-0.39, 0.29) is 17.5 Å². The summed E-state index contributed by atoms with van der Waals surface area (Å²) in [7, 11) is 0. The van der Waals surface area contributed by atoms with Gasteiger partial charge in [0.2, 0.25) is 5.91 Å². The number of piperidine rings is 1. The maximum absolute atomic E-state index is 13.9. The van der Waals surface area contributed by atoms with Gasteiger partial charge in [-0.1, -0.05) is 39.7 Å². The number of hydrogen-bond acceptors (Lipinski definition) is 2. The number of hydrogen-bond donors (Lipinski definition) is 1. The fraction of sp³-hybridized carbons (Fsp3) is 0.316. The number of amides is 1. The zero-order chi connectivity index (χ0) is 17.8. The van der Waals surface area contributed by atoms with E-state index in [1.165, 1.54) is 11.6 Å². The van der Waals surface area contributed by atoms with Crippen molar-refractivity contribution in [1.82, 2.24) is 4.90 Å². The lowest BCUT2D eigenvalue weighted by Crippen LogP contribution is -2.37. The highest BCUT2D eigenvalue weighted by Crippen LogP contribution is 2.24. The lowest BCUT2D eigenvalue weighted by atomic mass is 9.95. The quantitative estimate of drug-likeness (QED) is 0.740. The number of carbonyl (C=O) groups excluding carboxylic acids is 1. The topological polar surface area (TPSA) is 32.3 Å². The molecule has 0 atom stereocenters. The molecule has 1 aliphatic rings. The summed E-state index contributed by atoms with van der Waals surface area (Å²) in [5.74, 6) is -0.622. The molecule has 1 aliphatic heterocycles. The van der Waals surface area contributed by atoms with Crippen molar-refractivity contribution in [3.8, 4) is 0 Å². The molecule has 132 valence electrons. The number of anilines is 1. The van der Waals surface area contributed by atoms with Crippen LogP contribution in [0.15, 0.2) is 46.9 Å². The zero-order valence-electron chi connectivity index (χ0n) is 13.6. The molecule has 1 saturated heterocycles. The van der Waals surface area contributed by atoms with Gasteiger partial charge in [0.05, 0.1) is 5.69 Å². The number of rotatable bonds is 4. The van der Waals surface area contributed by atoms with Crippen molar-refractivity contribution in [3.05, 3.63) is 63.3 Å². The summed E-state index contributed by atoms with van der Waals surface area (Å²) in [5, 5.41) is 3.45. The molecule has 3 nitrogen and oxygen atoms in total. The third-order valence-corrected chi connectivity index (χ3v) is 5.17. The molecule has 1 fully saturated rings. The van der Waals surface area contributed by atoms with Crippen LogP contribution in [0, 0.1) is 11.7 Å². The fourth-order valence-electron chi connectivity index (χ4n) is 3.07. The first kappa shape index (κ1) is 18.4. The minimum absolute atomic E-state index is 0.0846. The molecule has 0 saturated carbocycles. The molecular formula is C19H19BrClFN2O. The molecule has 0 radical (unpaired) electrons. The minimum Gasteiger partial charge on any atom is -0.323 e. The van der Waals surface area contributed by atoms with Crippen molar-refractivity contribution in [2.45, 2.75) is 19.4 Å². The first-order valence-electron chi connectivity index (χ1n) is 8.24. The molecule has 2 aromatic carbocycles. The van der Waals surface area contributed by atoms with Crippen LogP contribution in [0.2, 0.25) is 5.02 Å². The second-order valence-electron chi connectivity index (χ2n) is 6.29. The Bertz CT molecular complexity index is 763. The second kappa shape index (κ2) is 8.30. The van der Waals surface area contributed by atoms with Gasteiger partial charge < -0.3 is 5.32 Å². The second-order valence-corrected chi connectivity index (χ2v) is 7.65. The van der Waals surface area contributed by atoms with Crippen LogP contribution in [0.5, 0.6) is 0 Å². The summed E-state index contributed by atoms with van der Waals surface area (Å²) < 4.78 is 14.5. The van der Waals surface area contributed by atoms with Crippen molar-refractivity contribution < 1.29 is 9.18 Å². The van der Waals surface area contributed by atoms with E-state index in [0.29, 0.717) is 4.47 Å². The molecule has 1 N–H and O–H groups in total. The van der Waals surface area contributed by atoms with E-state index in [4.69, 9.17) is 11.6 Å². The van der Waals surface area contributed by atoms with E-state index in [0.717, 1.165) is 37.5 Å². The Kier molecular flexibility index (Phi) is 6.10. The lowest BCUT2D eigenvalue weighted by molar-refractivity contribution is -0.121. The number of likely N-dealkylation sites (tertiary alicyclic amines) is 1. The summed E-state index contributed by atoms with van der Waals surface area (Å²) >= 11 is 9.23. The van der Waals surface area contributed by atoms with Crippen molar-refractivity contribution in [2.75, 3.05) is 18.4 Å². The predicted molar refractivity (Wildman–Crippen MR) is 102 cm³/mol. The van der Waals surface area contributed by atoms with Gasteiger partial charge in [-0.2, -0.15) is 0 Å². The summed E-state index contributed by atoms with van der Waals surface area (Å²) in [6.45, 7) is 2.51. The van der Waals surface area contributed by atoms with Crippen molar-refractivity contribution >= 4 is 39.1 Å². The lowest BCUT2D eigenvalue weighted by Gasteiger charge is -2.31. The first-order valence-corrected chi connectivity index (χ1v) is 9.41. The molecule has 0 aromatic heterocycles. The standard InChI is InChI=1S/C19H19BrClFN2O/c20-15-4-5-18(17(22)11-15)23-19(25)14-6-8-24(9-7-14)12-13-2-1-3-16(21)10-13/h1-5,10-11,14H,6-9,12H2,(H,23,25). The summed E-state index contributed by atoms with van der Waals surface area (Å²) in [5.41, 5.74) is 1.40. The van der Waals surface area contributed by atoms with Gasteiger partial charge in [0.15, 0.2) is 0 Å². The van der Waals surface area contributed by atoms with Crippen LogP contribution in [0.1, 0.15) is 18.4 Å². The molecule has 1 amide bonds. The highest BCUT2D eigenvalue weighted by atomic mass is 79.9. The number of nitrogens with zero attached hydrogens (tertiary/aromatic N) is 1. The Morgan fingerprint density at radius 3 is 2.68 bits per heavy atom. The van der Waals surface area contributed by atoms with Gasteiger partial charge in [0.1, 0.15) is 5.82 Å². The highest BCUT2D eigenvalue weighted by molar-refractivity contribution is 9.10. The maximum atomic E-state index is 13.9. The number of nitrogens with one attached hydrogen (secondary N) is 1. The van der Waals surface area contributed by atoms with Crippen LogP contribution in [0.25, 0.3) is 0 Å². The van der Waals surface area contributed by atoms with Crippen LogP contribution in [0.4, 0.5) is 10.1 Å². The van der Waals surface area contributed by atoms with Crippen LogP contribution < -0.4 is 5.32 Å². The maximum Gasteiger partial charge on any atom is 0.227 e. The average molecular weight is 426 g/mol. The molecule has 3 rings (SSSR count). The Morgan fingerprint density at radius 1 is 1.24 bits per heavy atom. The SMILES string of the molecule is O=C(Nc1ccc(Br)cc1F)C1CCN(Cc2cccc(Cl)c2)CC1. The summed E-state index contributed by atoms with van der Waals surface area (Å²) in [6, 6.07) is 12.5. The van der Waals surface area contributed by atoms with Gasteiger partial charge in [-0.3, -0.25) is 9.69 Å². The van der Waals surface area contributed by atoms with Gasteiger partial charge in [-0.15, -0.1) is 0 Å². The Hall–Kier alpha value is -1.43. The van der Waals surface area contributed by atoms with E-state index in [2.05, 4.69) is 32.2 Å². The Morgan fingerprint density at radius 2 is 2.00 bits per heavy atom. The van der Waals surface area contributed by atoms with Gasteiger partial charge in [0, 0.05) is 22.0 Å². The van der Waals surface area contributed by atoms with Gasteiger partial charge in [0.25, 0.3) is 0 Å². The minimum atomic E-state index is -0.430. The Balaban J connectivity index is 1.52. The predicted octanol–water partition coefficient (Wildman–Crippen LogP) is 5.09. The van der Waals surface area contributed by atoms with Gasteiger partial charge in [-0.05, 0) is 61.8 Å². The summed E-state index contributed by atoms with van der Waals surface area (Å²) in [6.07, 6.45) is 1.54. The first-order chi connectivity index (χ1) is 12.0. The van der Waals surface area contributed by atoms with Gasteiger partial charge in [-0.25, -0.2) is 4.39 Å². The largest absolute Gasteiger partial charge is 0.323 e. The van der Waals surface area contributed by atoms with E-state index in [1.54, 1.807) is 12.1 Å². The molecule has 1 heterocycles. The molecular weight excluding hydrogens is 407 g/mol. The monoisotopic (exact) mass is 424 g/mol. The fourth-order valence-corrected chi connectivity index (χ4v) is 3.62. The van der Waals surface area contributed by atoms with E-state index in [1.807, 2.05) is 18.2 Å².